The Bertz CT molecular complexity index is 1320. The second-order valence-electron chi connectivity index (χ2n) is 8.42. The van der Waals surface area contributed by atoms with Crippen molar-refractivity contribution in [1.82, 2.24) is 25.1 Å². The van der Waals surface area contributed by atoms with Crippen LogP contribution in [0, 0.1) is 5.82 Å². The van der Waals surface area contributed by atoms with Gasteiger partial charge in [-0.1, -0.05) is 0 Å². The standard InChI is InChI=1S/C23H24FN7O/c1-13-10-31(11-14(2)27-13)22-17-5-4-6-25-21(17)18(9-26-22)23(32)28-16-7-15-12-30(3)29-20(15)19(24)8-16/h4-9,12-14,27H,10-11H2,1-3H3,(H,28,32)/t13-,14-/m1/s1. The third-order valence-corrected chi connectivity index (χ3v) is 5.66. The van der Waals surface area contributed by atoms with Gasteiger partial charge in [-0.05, 0) is 38.1 Å². The molecular weight excluding hydrogens is 409 g/mol. The molecule has 1 saturated heterocycles. The Hall–Kier alpha value is -3.59. The molecule has 0 saturated carbocycles. The molecule has 2 N–H and O–H groups in total. The molecule has 1 aliphatic heterocycles. The second-order valence-corrected chi connectivity index (χ2v) is 8.42. The van der Waals surface area contributed by atoms with Gasteiger partial charge in [0, 0.05) is 67.3 Å². The first kappa shape index (κ1) is 20.3. The summed E-state index contributed by atoms with van der Waals surface area (Å²) in [6.45, 7) is 5.92. The molecule has 1 amide bonds. The van der Waals surface area contributed by atoms with Crippen molar-refractivity contribution in [3.8, 4) is 0 Å². The highest BCUT2D eigenvalue weighted by molar-refractivity contribution is 6.13. The molecule has 164 valence electrons. The number of pyridine rings is 2. The molecule has 0 radical (unpaired) electrons. The number of amides is 1. The molecule has 2 atom stereocenters. The Morgan fingerprint density at radius 3 is 2.75 bits per heavy atom. The molecule has 1 aromatic carbocycles. The number of aryl methyl sites for hydroxylation is 1. The summed E-state index contributed by atoms with van der Waals surface area (Å²) in [5.74, 6) is -0.0677. The zero-order valence-corrected chi connectivity index (χ0v) is 18.1. The van der Waals surface area contributed by atoms with Gasteiger partial charge in [0.05, 0.1) is 11.1 Å². The third-order valence-electron chi connectivity index (χ3n) is 5.66. The number of rotatable bonds is 3. The molecule has 0 aliphatic carbocycles. The van der Waals surface area contributed by atoms with Crippen LogP contribution < -0.4 is 15.5 Å². The molecule has 1 fully saturated rings. The molecule has 0 spiro atoms. The van der Waals surface area contributed by atoms with Gasteiger partial charge >= 0.3 is 0 Å². The Morgan fingerprint density at radius 1 is 1.19 bits per heavy atom. The number of aromatic nitrogens is 4. The number of hydrogen-bond acceptors (Lipinski definition) is 6. The van der Waals surface area contributed by atoms with E-state index >= 15 is 0 Å². The van der Waals surface area contributed by atoms with E-state index in [1.54, 1.807) is 31.7 Å². The van der Waals surface area contributed by atoms with Crippen molar-refractivity contribution in [2.75, 3.05) is 23.3 Å². The Kier molecular flexibility index (Phi) is 4.97. The summed E-state index contributed by atoms with van der Waals surface area (Å²) in [5, 5.41) is 11.8. The molecule has 5 rings (SSSR count). The lowest BCUT2D eigenvalue weighted by Gasteiger charge is -2.37. The van der Waals surface area contributed by atoms with E-state index in [1.807, 2.05) is 12.1 Å². The molecule has 32 heavy (non-hydrogen) atoms. The van der Waals surface area contributed by atoms with Crippen molar-refractivity contribution < 1.29 is 9.18 Å². The van der Waals surface area contributed by atoms with Gasteiger partial charge in [0.2, 0.25) is 0 Å². The number of carbonyl (C=O) groups is 1. The number of anilines is 2. The summed E-state index contributed by atoms with van der Waals surface area (Å²) in [6, 6.07) is 7.40. The molecule has 4 aromatic rings. The summed E-state index contributed by atoms with van der Waals surface area (Å²) < 4.78 is 16.0. The molecule has 0 bridgehead atoms. The van der Waals surface area contributed by atoms with E-state index in [9.17, 15) is 9.18 Å². The van der Waals surface area contributed by atoms with Gasteiger partial charge in [-0.2, -0.15) is 5.10 Å². The number of nitrogens with one attached hydrogen (secondary N) is 2. The van der Waals surface area contributed by atoms with Crippen LogP contribution in [0.15, 0.2) is 42.9 Å². The molecule has 0 unspecified atom stereocenters. The van der Waals surface area contributed by atoms with E-state index < -0.39 is 11.7 Å². The quantitative estimate of drug-likeness (QED) is 0.516. The molecule has 1 aliphatic rings. The van der Waals surface area contributed by atoms with Crippen LogP contribution in [-0.2, 0) is 7.05 Å². The Morgan fingerprint density at radius 2 is 1.97 bits per heavy atom. The van der Waals surface area contributed by atoms with Crippen molar-refractivity contribution in [3.05, 3.63) is 54.2 Å². The van der Waals surface area contributed by atoms with Crippen molar-refractivity contribution in [1.29, 1.82) is 0 Å². The van der Waals surface area contributed by atoms with Gasteiger partial charge in [0.1, 0.15) is 11.3 Å². The molecule has 4 heterocycles. The van der Waals surface area contributed by atoms with E-state index in [1.165, 1.54) is 10.7 Å². The predicted octanol–water partition coefficient (Wildman–Crippen LogP) is 3.09. The first-order valence-corrected chi connectivity index (χ1v) is 10.6. The smallest absolute Gasteiger partial charge is 0.259 e. The largest absolute Gasteiger partial charge is 0.353 e. The fourth-order valence-corrected chi connectivity index (χ4v) is 4.46. The summed E-state index contributed by atoms with van der Waals surface area (Å²) in [6.07, 6.45) is 4.92. The molecule has 3 aromatic heterocycles. The van der Waals surface area contributed by atoms with Crippen LogP contribution in [0.25, 0.3) is 21.8 Å². The number of halogens is 1. The van der Waals surface area contributed by atoms with Gasteiger partial charge in [-0.25, -0.2) is 9.37 Å². The summed E-state index contributed by atoms with van der Waals surface area (Å²) in [5.41, 5.74) is 1.53. The monoisotopic (exact) mass is 433 g/mol. The fraction of sp³-hybridized carbons (Fsp3) is 0.304. The van der Waals surface area contributed by atoms with E-state index in [-0.39, 0.29) is 5.52 Å². The maximum Gasteiger partial charge on any atom is 0.259 e. The Labute approximate surface area is 184 Å². The van der Waals surface area contributed by atoms with Gasteiger partial charge in [-0.3, -0.25) is 14.5 Å². The lowest BCUT2D eigenvalue weighted by molar-refractivity contribution is 0.102. The van der Waals surface area contributed by atoms with Crippen LogP contribution in [0.2, 0.25) is 0 Å². The van der Waals surface area contributed by atoms with Gasteiger partial charge < -0.3 is 15.5 Å². The minimum Gasteiger partial charge on any atom is -0.353 e. The van der Waals surface area contributed by atoms with Crippen molar-refractivity contribution in [3.63, 3.8) is 0 Å². The third kappa shape index (κ3) is 3.64. The lowest BCUT2D eigenvalue weighted by Crippen LogP contribution is -2.54. The molecular formula is C23H24FN7O. The van der Waals surface area contributed by atoms with Crippen molar-refractivity contribution >= 4 is 39.2 Å². The number of fused-ring (bicyclic) bond motifs is 2. The van der Waals surface area contributed by atoms with Crippen LogP contribution >= 0.6 is 0 Å². The average molecular weight is 433 g/mol. The average Bonchev–Trinajstić information content (AvgIpc) is 3.13. The first-order chi connectivity index (χ1) is 15.4. The molecule has 9 heteroatoms. The van der Waals surface area contributed by atoms with Crippen LogP contribution in [0.5, 0.6) is 0 Å². The zero-order chi connectivity index (χ0) is 22.4. The highest BCUT2D eigenvalue weighted by Gasteiger charge is 2.25. The van der Waals surface area contributed by atoms with Crippen molar-refractivity contribution in [2.24, 2.45) is 7.05 Å². The van der Waals surface area contributed by atoms with Crippen LogP contribution in [0.4, 0.5) is 15.9 Å². The van der Waals surface area contributed by atoms with E-state index in [2.05, 4.69) is 44.4 Å². The topological polar surface area (TPSA) is 88.0 Å². The zero-order valence-electron chi connectivity index (χ0n) is 18.1. The summed E-state index contributed by atoms with van der Waals surface area (Å²) >= 11 is 0. The number of benzene rings is 1. The van der Waals surface area contributed by atoms with Gasteiger partial charge in [0.25, 0.3) is 5.91 Å². The second kappa shape index (κ2) is 7.83. The van der Waals surface area contributed by atoms with Gasteiger partial charge in [0.15, 0.2) is 5.82 Å². The van der Waals surface area contributed by atoms with Crippen LogP contribution in [0.3, 0.4) is 0 Å². The Balaban J connectivity index is 1.50. The van der Waals surface area contributed by atoms with E-state index in [4.69, 9.17) is 0 Å². The minimum absolute atomic E-state index is 0.267. The SMILES string of the molecule is C[C@@H]1CN(c2ncc(C(=O)Nc3cc(F)c4nn(C)cc4c3)c3ncccc23)C[C@@H](C)N1. The number of carbonyl (C=O) groups excluding carboxylic acids is 1. The van der Waals surface area contributed by atoms with Gasteiger partial charge in [-0.15, -0.1) is 0 Å². The highest BCUT2D eigenvalue weighted by atomic mass is 19.1. The molecule has 8 nitrogen and oxygen atoms in total. The summed E-state index contributed by atoms with van der Waals surface area (Å²) in [4.78, 5) is 24.5. The normalized spacial score (nSPS) is 18.9. The van der Waals surface area contributed by atoms with Crippen LogP contribution in [0.1, 0.15) is 24.2 Å². The van der Waals surface area contributed by atoms with Crippen LogP contribution in [-0.4, -0.2) is 50.8 Å². The highest BCUT2D eigenvalue weighted by Crippen LogP contribution is 2.28. The maximum atomic E-state index is 14.4. The summed E-state index contributed by atoms with van der Waals surface area (Å²) in [7, 11) is 1.72. The fourth-order valence-electron chi connectivity index (χ4n) is 4.46. The van der Waals surface area contributed by atoms with Crippen molar-refractivity contribution in [2.45, 2.75) is 25.9 Å². The van der Waals surface area contributed by atoms with E-state index in [0.29, 0.717) is 34.2 Å². The maximum absolute atomic E-state index is 14.4. The number of nitrogens with zero attached hydrogens (tertiary/aromatic N) is 5. The van der Waals surface area contributed by atoms with E-state index in [0.717, 1.165) is 24.3 Å². The number of hydrogen-bond donors (Lipinski definition) is 2. The predicted molar refractivity (Wildman–Crippen MR) is 122 cm³/mol. The number of piperazine rings is 1. The lowest BCUT2D eigenvalue weighted by atomic mass is 10.1. The minimum atomic E-state index is -0.489. The first-order valence-electron chi connectivity index (χ1n) is 10.6.